The predicted octanol–water partition coefficient (Wildman–Crippen LogP) is 5.62. The number of anilines is 1. The van der Waals surface area contributed by atoms with Gasteiger partial charge in [-0.25, -0.2) is 14.8 Å². The van der Waals surface area contributed by atoms with Crippen LogP contribution in [0.25, 0.3) is 31.7 Å². The number of pyridine rings is 1. The normalized spacial score (nSPS) is 14.8. The minimum absolute atomic E-state index is 0.207. The third-order valence-corrected chi connectivity index (χ3v) is 6.69. The van der Waals surface area contributed by atoms with Gasteiger partial charge >= 0.3 is 6.09 Å². The lowest BCUT2D eigenvalue weighted by Gasteiger charge is -2.36. The molecule has 0 bridgehead atoms. The lowest BCUT2D eigenvalue weighted by atomic mass is 10.1. The number of ether oxygens (including phenoxy) is 1. The minimum atomic E-state index is -0.511. The summed E-state index contributed by atoms with van der Waals surface area (Å²) in [6, 6.07) is 14.2. The molecule has 7 nitrogen and oxygen atoms in total. The first-order chi connectivity index (χ1) is 15.8. The fourth-order valence-electron chi connectivity index (χ4n) is 3.90. The Labute approximate surface area is 201 Å². The third kappa shape index (κ3) is 4.45. The van der Waals surface area contributed by atoms with Gasteiger partial charge in [-0.1, -0.05) is 30.3 Å². The van der Waals surface area contributed by atoms with Crippen LogP contribution in [0.2, 0.25) is 5.28 Å². The first-order valence-corrected chi connectivity index (χ1v) is 12.0. The lowest BCUT2D eigenvalue weighted by Crippen LogP contribution is -2.50. The number of fused-ring (bicyclic) bond motifs is 3. The van der Waals surface area contributed by atoms with Crippen LogP contribution in [0.3, 0.4) is 0 Å². The second kappa shape index (κ2) is 8.43. The highest BCUT2D eigenvalue weighted by Crippen LogP contribution is 2.38. The second-order valence-electron chi connectivity index (χ2n) is 8.97. The van der Waals surface area contributed by atoms with Crippen molar-refractivity contribution in [2.45, 2.75) is 26.4 Å². The quantitative estimate of drug-likeness (QED) is 0.346. The van der Waals surface area contributed by atoms with Crippen LogP contribution in [0.5, 0.6) is 0 Å². The van der Waals surface area contributed by atoms with Crippen LogP contribution in [0.15, 0.2) is 42.5 Å². The molecular weight excluding hydrogens is 458 g/mol. The number of thiophene rings is 1. The lowest BCUT2D eigenvalue weighted by molar-refractivity contribution is 0.0240. The Balaban J connectivity index is 1.46. The van der Waals surface area contributed by atoms with Crippen LogP contribution >= 0.6 is 22.9 Å². The van der Waals surface area contributed by atoms with Crippen molar-refractivity contribution in [1.29, 1.82) is 0 Å². The number of benzene rings is 1. The molecule has 170 valence electrons. The van der Waals surface area contributed by atoms with Crippen LogP contribution in [-0.2, 0) is 4.74 Å². The van der Waals surface area contributed by atoms with Gasteiger partial charge in [0, 0.05) is 37.1 Å². The van der Waals surface area contributed by atoms with Gasteiger partial charge in [-0.2, -0.15) is 4.98 Å². The van der Waals surface area contributed by atoms with Gasteiger partial charge in [0.2, 0.25) is 5.28 Å². The summed E-state index contributed by atoms with van der Waals surface area (Å²) in [5, 5.41) is 1.17. The van der Waals surface area contributed by atoms with Crippen molar-refractivity contribution in [2.24, 2.45) is 0 Å². The molecule has 0 N–H and O–H groups in total. The molecule has 33 heavy (non-hydrogen) atoms. The Morgan fingerprint density at radius 1 is 1.00 bits per heavy atom. The smallest absolute Gasteiger partial charge is 0.410 e. The van der Waals surface area contributed by atoms with Crippen LogP contribution < -0.4 is 4.90 Å². The van der Waals surface area contributed by atoms with Crippen molar-refractivity contribution in [2.75, 3.05) is 31.1 Å². The molecule has 0 saturated carbocycles. The van der Waals surface area contributed by atoms with E-state index in [2.05, 4.69) is 20.9 Å². The fourth-order valence-corrected chi connectivity index (χ4v) is 5.19. The number of rotatable bonds is 2. The summed E-state index contributed by atoms with van der Waals surface area (Å²) in [5.41, 5.74) is 2.29. The highest BCUT2D eigenvalue weighted by molar-refractivity contribution is 7.26. The van der Waals surface area contributed by atoms with E-state index in [9.17, 15) is 4.79 Å². The van der Waals surface area contributed by atoms with Crippen molar-refractivity contribution < 1.29 is 9.53 Å². The number of amides is 1. The van der Waals surface area contributed by atoms with Gasteiger partial charge in [0.15, 0.2) is 5.82 Å². The maximum absolute atomic E-state index is 12.4. The molecule has 1 amide bonds. The maximum atomic E-state index is 12.4. The first-order valence-electron chi connectivity index (χ1n) is 10.8. The Hall–Kier alpha value is -2.97. The summed E-state index contributed by atoms with van der Waals surface area (Å²) in [5.74, 6) is 0.790. The third-order valence-electron chi connectivity index (χ3n) is 5.43. The summed E-state index contributed by atoms with van der Waals surface area (Å²) in [6.45, 7) is 8.01. The molecule has 0 atom stereocenters. The zero-order valence-corrected chi connectivity index (χ0v) is 20.3. The average Bonchev–Trinajstić information content (AvgIpc) is 3.16. The van der Waals surface area contributed by atoms with E-state index in [1.165, 1.54) is 0 Å². The van der Waals surface area contributed by atoms with E-state index in [0.717, 1.165) is 37.5 Å². The van der Waals surface area contributed by atoms with Gasteiger partial charge in [0.1, 0.15) is 10.4 Å². The van der Waals surface area contributed by atoms with Crippen LogP contribution in [0.1, 0.15) is 20.8 Å². The standard InChI is InChI=1S/C24H24ClN5O2S/c1-24(2,3)32-23(31)30-13-11-29(12-14-30)20-19-18(27-22(25)28-20)16-9-10-17(26-21(16)33-19)15-7-5-4-6-8-15/h4-10H,11-14H2,1-3H3. The first kappa shape index (κ1) is 21.9. The molecule has 0 spiro atoms. The summed E-state index contributed by atoms with van der Waals surface area (Å²) in [7, 11) is 0. The van der Waals surface area contributed by atoms with Crippen molar-refractivity contribution >= 4 is 55.3 Å². The zero-order valence-electron chi connectivity index (χ0n) is 18.7. The van der Waals surface area contributed by atoms with E-state index in [1.807, 2.05) is 57.2 Å². The van der Waals surface area contributed by atoms with Crippen LogP contribution in [0.4, 0.5) is 10.6 Å². The highest BCUT2D eigenvalue weighted by atomic mass is 35.5. The molecular formula is C24H24ClN5O2S. The molecule has 1 saturated heterocycles. The Morgan fingerprint density at radius 3 is 2.42 bits per heavy atom. The fraction of sp³-hybridized carbons (Fsp3) is 0.333. The molecule has 1 aliphatic rings. The number of carbonyl (C=O) groups excluding carboxylic acids is 1. The van der Waals surface area contributed by atoms with Gasteiger partial charge in [0.25, 0.3) is 0 Å². The van der Waals surface area contributed by atoms with E-state index < -0.39 is 5.60 Å². The molecule has 0 aliphatic carbocycles. The second-order valence-corrected chi connectivity index (χ2v) is 10.3. The molecule has 3 aromatic heterocycles. The summed E-state index contributed by atoms with van der Waals surface area (Å²) < 4.78 is 6.47. The van der Waals surface area contributed by atoms with Gasteiger partial charge in [-0.05, 0) is 44.5 Å². The number of hydrogen-bond acceptors (Lipinski definition) is 7. The largest absolute Gasteiger partial charge is 0.444 e. The van der Waals surface area contributed by atoms with E-state index in [-0.39, 0.29) is 11.4 Å². The van der Waals surface area contributed by atoms with E-state index in [4.69, 9.17) is 21.3 Å². The zero-order chi connectivity index (χ0) is 23.2. The highest BCUT2D eigenvalue weighted by Gasteiger charge is 2.28. The van der Waals surface area contributed by atoms with Gasteiger partial charge in [-0.15, -0.1) is 11.3 Å². The SMILES string of the molecule is CC(C)(C)OC(=O)N1CCN(c2nc(Cl)nc3c2sc2nc(-c4ccccc4)ccc23)CC1. The minimum Gasteiger partial charge on any atom is -0.444 e. The number of aromatic nitrogens is 3. The van der Waals surface area contributed by atoms with Crippen LogP contribution in [0, 0.1) is 0 Å². The number of halogens is 1. The Bertz CT molecular complexity index is 1330. The number of piperazine rings is 1. The molecule has 0 unspecified atom stereocenters. The Morgan fingerprint density at radius 2 is 1.73 bits per heavy atom. The molecule has 1 fully saturated rings. The van der Waals surface area contributed by atoms with Crippen molar-refractivity contribution in [3.05, 3.63) is 47.7 Å². The molecule has 4 aromatic rings. The summed E-state index contributed by atoms with van der Waals surface area (Å²) >= 11 is 7.90. The number of hydrogen-bond donors (Lipinski definition) is 0. The van der Waals surface area contributed by atoms with Crippen molar-refractivity contribution in [1.82, 2.24) is 19.9 Å². The molecule has 1 aromatic carbocycles. The molecule has 4 heterocycles. The van der Waals surface area contributed by atoms with E-state index in [0.29, 0.717) is 26.2 Å². The molecule has 1 aliphatic heterocycles. The van der Waals surface area contributed by atoms with Gasteiger partial charge in [0.05, 0.1) is 15.9 Å². The molecule has 5 rings (SSSR count). The average molecular weight is 482 g/mol. The summed E-state index contributed by atoms with van der Waals surface area (Å²) in [4.78, 5) is 31.2. The van der Waals surface area contributed by atoms with Gasteiger partial charge in [-0.3, -0.25) is 0 Å². The maximum Gasteiger partial charge on any atom is 0.410 e. The molecule has 0 radical (unpaired) electrons. The molecule has 9 heteroatoms. The number of nitrogens with zero attached hydrogens (tertiary/aromatic N) is 5. The van der Waals surface area contributed by atoms with Gasteiger partial charge < -0.3 is 14.5 Å². The van der Waals surface area contributed by atoms with E-state index in [1.54, 1.807) is 16.2 Å². The van der Waals surface area contributed by atoms with Crippen molar-refractivity contribution in [3.8, 4) is 11.3 Å². The van der Waals surface area contributed by atoms with Crippen LogP contribution in [-0.4, -0.2) is 57.7 Å². The predicted molar refractivity (Wildman–Crippen MR) is 133 cm³/mol. The van der Waals surface area contributed by atoms with Crippen molar-refractivity contribution in [3.63, 3.8) is 0 Å². The Kier molecular flexibility index (Phi) is 5.58. The number of carbonyl (C=O) groups is 1. The topological polar surface area (TPSA) is 71.5 Å². The van der Waals surface area contributed by atoms with E-state index >= 15 is 0 Å². The summed E-state index contributed by atoms with van der Waals surface area (Å²) in [6.07, 6.45) is -0.285. The monoisotopic (exact) mass is 481 g/mol.